The second-order valence-corrected chi connectivity index (χ2v) is 32.0. The van der Waals surface area contributed by atoms with E-state index in [2.05, 4.69) is 55.4 Å². The van der Waals surface area contributed by atoms with E-state index in [0.717, 1.165) is 108 Å². The van der Waals surface area contributed by atoms with Crippen molar-refractivity contribution < 1.29 is 80.2 Å². The van der Waals surface area contributed by atoms with Gasteiger partial charge in [0.1, 0.15) is 19.3 Å². The summed E-state index contributed by atoms with van der Waals surface area (Å²) >= 11 is 0. The van der Waals surface area contributed by atoms with Crippen molar-refractivity contribution in [1.29, 1.82) is 0 Å². The molecule has 95 heavy (non-hydrogen) atoms. The number of carbonyl (C=O) groups excluding carboxylic acids is 4. The third-order valence-electron chi connectivity index (χ3n) is 17.9. The smallest absolute Gasteiger partial charge is 0.462 e. The summed E-state index contributed by atoms with van der Waals surface area (Å²) in [6.45, 7) is 14.1. The number of ether oxygens (including phenoxy) is 4. The van der Waals surface area contributed by atoms with E-state index in [0.29, 0.717) is 37.5 Å². The summed E-state index contributed by atoms with van der Waals surface area (Å²) in [5, 5.41) is 10.6. The van der Waals surface area contributed by atoms with Crippen molar-refractivity contribution >= 4 is 39.5 Å². The second kappa shape index (κ2) is 65.4. The van der Waals surface area contributed by atoms with E-state index in [1.165, 1.54) is 180 Å². The highest BCUT2D eigenvalue weighted by molar-refractivity contribution is 7.47. The first kappa shape index (κ1) is 93.1. The molecule has 19 heteroatoms. The predicted molar refractivity (Wildman–Crippen MR) is 386 cm³/mol. The van der Waals surface area contributed by atoms with Gasteiger partial charge in [-0.25, -0.2) is 9.13 Å². The molecule has 0 rings (SSSR count). The molecule has 0 radical (unpaired) electrons. The molecule has 17 nitrogen and oxygen atoms in total. The van der Waals surface area contributed by atoms with Gasteiger partial charge < -0.3 is 33.8 Å². The van der Waals surface area contributed by atoms with Crippen molar-refractivity contribution in [2.75, 3.05) is 39.6 Å². The number of carbonyl (C=O) groups is 4. The molecule has 564 valence electrons. The van der Waals surface area contributed by atoms with Gasteiger partial charge in [-0.3, -0.25) is 37.3 Å². The molecule has 0 fully saturated rings. The Morgan fingerprint density at radius 3 is 0.747 bits per heavy atom. The van der Waals surface area contributed by atoms with Crippen LogP contribution in [0, 0.1) is 23.7 Å². The lowest BCUT2D eigenvalue weighted by Crippen LogP contribution is -2.30. The molecule has 3 N–H and O–H groups in total. The average molecular weight is 1400 g/mol. The minimum atomic E-state index is -4.96. The Bertz CT molecular complexity index is 1870. The number of hydrogen-bond donors (Lipinski definition) is 3. The van der Waals surface area contributed by atoms with Gasteiger partial charge in [-0.2, -0.15) is 0 Å². The second-order valence-electron chi connectivity index (χ2n) is 29.1. The predicted octanol–water partition coefficient (Wildman–Crippen LogP) is 22.0. The van der Waals surface area contributed by atoms with Gasteiger partial charge in [0.05, 0.1) is 26.4 Å². The van der Waals surface area contributed by atoms with Gasteiger partial charge in [-0.05, 0) is 49.4 Å². The van der Waals surface area contributed by atoms with Crippen LogP contribution in [-0.4, -0.2) is 96.7 Å². The van der Waals surface area contributed by atoms with Crippen LogP contribution in [0.4, 0.5) is 0 Å². The third kappa shape index (κ3) is 69.0. The number of aliphatic hydroxyl groups excluding tert-OH is 1. The molecule has 0 aromatic carbocycles. The van der Waals surface area contributed by atoms with Crippen LogP contribution in [0.1, 0.15) is 383 Å². The van der Waals surface area contributed by atoms with Crippen molar-refractivity contribution in [3.8, 4) is 0 Å². The standard InChI is InChI=1S/C76H148O17P2/c1-9-69(8)55-47-39-29-25-21-16-14-12-10-11-13-15-17-23-27-31-42-50-58-75(80)92-71(63-87-74(79)57-49-41-34-32-37-45-53-67(4)5)64-90-94(82,83)88-60-70(77)61-89-95(84,85)91-65-72(93-76(81)59-51-43-35-33-38-46-54-68(6)7)62-86-73(78)56-48-40-30-26-22-19-18-20-24-28-36-44-52-66(2)3/h66-72,77H,9-65H2,1-8H3,(H,82,83)(H,84,85)/t69?,70-,71+,72+/m0/s1. The lowest BCUT2D eigenvalue weighted by Gasteiger charge is -2.21. The van der Waals surface area contributed by atoms with E-state index >= 15 is 0 Å². The zero-order valence-corrected chi connectivity index (χ0v) is 64.1. The Morgan fingerprint density at radius 2 is 0.505 bits per heavy atom. The van der Waals surface area contributed by atoms with Crippen LogP contribution >= 0.6 is 15.6 Å². The van der Waals surface area contributed by atoms with Crippen LogP contribution in [0.5, 0.6) is 0 Å². The van der Waals surface area contributed by atoms with Crippen LogP contribution < -0.4 is 0 Å². The van der Waals surface area contributed by atoms with Gasteiger partial charge >= 0.3 is 39.5 Å². The molecule has 0 amide bonds. The van der Waals surface area contributed by atoms with E-state index in [-0.39, 0.29) is 25.7 Å². The molecule has 0 aromatic heterocycles. The van der Waals surface area contributed by atoms with E-state index in [1.807, 2.05) is 0 Å². The number of phosphoric ester groups is 2. The molecule has 0 saturated heterocycles. The summed E-state index contributed by atoms with van der Waals surface area (Å²) in [5.41, 5.74) is 0. The fourth-order valence-electron chi connectivity index (χ4n) is 11.5. The van der Waals surface area contributed by atoms with Crippen LogP contribution in [0.2, 0.25) is 0 Å². The lowest BCUT2D eigenvalue weighted by molar-refractivity contribution is -0.161. The van der Waals surface area contributed by atoms with E-state index in [9.17, 15) is 43.2 Å². The Labute approximate surface area is 581 Å². The monoisotopic (exact) mass is 1400 g/mol. The van der Waals surface area contributed by atoms with Crippen LogP contribution in [0.25, 0.3) is 0 Å². The summed E-state index contributed by atoms with van der Waals surface area (Å²) in [7, 11) is -9.91. The Morgan fingerprint density at radius 1 is 0.295 bits per heavy atom. The minimum Gasteiger partial charge on any atom is -0.462 e. The lowest BCUT2D eigenvalue weighted by atomic mass is 9.99. The summed E-state index contributed by atoms with van der Waals surface area (Å²) in [4.78, 5) is 72.6. The molecule has 0 spiro atoms. The molecule has 0 aromatic rings. The van der Waals surface area contributed by atoms with Gasteiger partial charge in [-0.1, -0.05) is 331 Å². The quantitative estimate of drug-likeness (QED) is 0.0222. The zero-order valence-electron chi connectivity index (χ0n) is 62.3. The van der Waals surface area contributed by atoms with Crippen LogP contribution in [0.15, 0.2) is 0 Å². The molecular weight excluding hydrogens is 1250 g/mol. The maximum Gasteiger partial charge on any atom is 0.472 e. The van der Waals surface area contributed by atoms with E-state index in [4.69, 9.17) is 37.0 Å². The Balaban J connectivity index is 5.11. The Kier molecular flexibility index (Phi) is 64.0. The van der Waals surface area contributed by atoms with Crippen molar-refractivity contribution in [1.82, 2.24) is 0 Å². The minimum absolute atomic E-state index is 0.102. The van der Waals surface area contributed by atoms with Crippen molar-refractivity contribution in [2.24, 2.45) is 23.7 Å². The number of unbranched alkanes of at least 4 members (excludes halogenated alkanes) is 38. The van der Waals surface area contributed by atoms with Gasteiger partial charge in [0.15, 0.2) is 12.2 Å². The fraction of sp³-hybridized carbons (Fsp3) is 0.947. The molecule has 0 heterocycles. The molecule has 0 aliphatic rings. The highest BCUT2D eigenvalue weighted by atomic mass is 31.2. The number of phosphoric acid groups is 2. The average Bonchev–Trinajstić information content (AvgIpc) is 1.88. The Hall–Kier alpha value is -1.94. The van der Waals surface area contributed by atoms with Gasteiger partial charge in [0.25, 0.3) is 0 Å². The van der Waals surface area contributed by atoms with Crippen LogP contribution in [-0.2, 0) is 65.4 Å². The topological polar surface area (TPSA) is 237 Å². The highest BCUT2D eigenvalue weighted by Crippen LogP contribution is 2.45. The first-order valence-corrected chi connectivity index (χ1v) is 42.2. The summed E-state index contributed by atoms with van der Waals surface area (Å²) < 4.78 is 68.4. The third-order valence-corrected chi connectivity index (χ3v) is 19.8. The molecule has 6 atom stereocenters. The summed E-state index contributed by atoms with van der Waals surface area (Å²) in [5.74, 6) is 0.873. The van der Waals surface area contributed by atoms with Crippen LogP contribution in [0.3, 0.4) is 0 Å². The maximum absolute atomic E-state index is 13.0. The van der Waals surface area contributed by atoms with Gasteiger partial charge in [0, 0.05) is 25.7 Å². The molecular formula is C76H148O17P2. The zero-order chi connectivity index (χ0) is 70.3. The first-order chi connectivity index (χ1) is 45.6. The fourth-order valence-corrected chi connectivity index (χ4v) is 13.1. The van der Waals surface area contributed by atoms with Crippen molar-refractivity contribution in [2.45, 2.75) is 401 Å². The van der Waals surface area contributed by atoms with Gasteiger partial charge in [-0.15, -0.1) is 0 Å². The SMILES string of the molecule is CCC(C)CCCCCCCCCCCCCCCCCCCCC(=O)O[C@H](COC(=O)CCCCCCCCC(C)C)COP(=O)(O)OC[C@H](O)COP(=O)(O)OC[C@@H](COC(=O)CCCCCCCCCCCCCCC(C)C)OC(=O)CCCCCCCCC(C)C. The normalized spacial score (nSPS) is 14.4. The van der Waals surface area contributed by atoms with Crippen molar-refractivity contribution in [3.05, 3.63) is 0 Å². The number of esters is 4. The van der Waals surface area contributed by atoms with Gasteiger partial charge in [0.2, 0.25) is 0 Å². The molecule has 0 aliphatic heterocycles. The molecule has 0 bridgehead atoms. The largest absolute Gasteiger partial charge is 0.472 e. The highest BCUT2D eigenvalue weighted by Gasteiger charge is 2.30. The number of hydrogen-bond acceptors (Lipinski definition) is 15. The van der Waals surface area contributed by atoms with Crippen molar-refractivity contribution in [3.63, 3.8) is 0 Å². The first-order valence-electron chi connectivity index (χ1n) is 39.2. The molecule has 3 unspecified atom stereocenters. The molecule has 0 saturated carbocycles. The molecule has 0 aliphatic carbocycles. The maximum atomic E-state index is 13.0. The van der Waals surface area contributed by atoms with E-state index in [1.54, 1.807) is 0 Å². The van der Waals surface area contributed by atoms with E-state index < -0.39 is 97.5 Å². The number of aliphatic hydroxyl groups is 1. The summed E-state index contributed by atoms with van der Waals surface area (Å²) in [6.07, 6.45) is 50.4. The summed E-state index contributed by atoms with van der Waals surface area (Å²) in [6, 6.07) is 0. The number of rotatable bonds is 73.